The number of aliphatic hydroxyl groups excluding tert-OH is 1. The van der Waals surface area contributed by atoms with Crippen molar-refractivity contribution in [1.29, 1.82) is 0 Å². The van der Waals surface area contributed by atoms with E-state index in [1.54, 1.807) is 7.11 Å². The van der Waals surface area contributed by atoms with E-state index in [0.29, 0.717) is 24.6 Å². The highest BCUT2D eigenvalue weighted by atomic mass is 16.5. The maximum Gasteiger partial charge on any atom is 0.118 e. The predicted molar refractivity (Wildman–Crippen MR) is 77.5 cm³/mol. The zero-order valence-corrected chi connectivity index (χ0v) is 11.9. The summed E-state index contributed by atoms with van der Waals surface area (Å²) in [7, 11) is 1.69. The molecule has 0 saturated heterocycles. The van der Waals surface area contributed by atoms with E-state index in [2.05, 4.69) is 24.4 Å². The van der Waals surface area contributed by atoms with Gasteiger partial charge in [-0.05, 0) is 49.8 Å². The largest absolute Gasteiger partial charge is 0.497 e. The molecule has 0 aliphatic heterocycles. The van der Waals surface area contributed by atoms with Gasteiger partial charge >= 0.3 is 0 Å². The molecule has 2 rings (SSSR count). The minimum Gasteiger partial charge on any atom is -0.497 e. The SMILES string of the molecule is COc1ccc(CC(C)NC2CCCC2CO)cc1. The quantitative estimate of drug-likeness (QED) is 0.828. The van der Waals surface area contributed by atoms with Gasteiger partial charge in [0.25, 0.3) is 0 Å². The molecule has 1 aliphatic carbocycles. The van der Waals surface area contributed by atoms with Crippen molar-refractivity contribution < 1.29 is 9.84 Å². The minimum atomic E-state index is 0.312. The number of hydrogen-bond acceptors (Lipinski definition) is 3. The molecule has 0 heterocycles. The van der Waals surface area contributed by atoms with E-state index < -0.39 is 0 Å². The van der Waals surface area contributed by atoms with E-state index in [-0.39, 0.29) is 0 Å². The molecule has 1 aromatic carbocycles. The van der Waals surface area contributed by atoms with E-state index in [9.17, 15) is 5.11 Å². The van der Waals surface area contributed by atoms with Crippen molar-refractivity contribution in [2.75, 3.05) is 13.7 Å². The van der Waals surface area contributed by atoms with E-state index in [1.807, 2.05) is 12.1 Å². The van der Waals surface area contributed by atoms with Crippen molar-refractivity contribution >= 4 is 0 Å². The molecule has 2 N–H and O–H groups in total. The van der Waals surface area contributed by atoms with Crippen LogP contribution >= 0.6 is 0 Å². The van der Waals surface area contributed by atoms with Crippen LogP contribution in [-0.2, 0) is 6.42 Å². The average molecular weight is 263 g/mol. The first-order chi connectivity index (χ1) is 9.22. The lowest BCUT2D eigenvalue weighted by Gasteiger charge is -2.24. The summed E-state index contributed by atoms with van der Waals surface area (Å²) in [6.45, 7) is 2.53. The third-order valence-corrected chi connectivity index (χ3v) is 4.09. The molecular weight excluding hydrogens is 238 g/mol. The van der Waals surface area contributed by atoms with Crippen LogP contribution in [0.4, 0.5) is 0 Å². The highest BCUT2D eigenvalue weighted by Crippen LogP contribution is 2.25. The monoisotopic (exact) mass is 263 g/mol. The van der Waals surface area contributed by atoms with E-state index >= 15 is 0 Å². The van der Waals surface area contributed by atoms with E-state index in [0.717, 1.165) is 18.6 Å². The topological polar surface area (TPSA) is 41.5 Å². The number of benzene rings is 1. The lowest BCUT2D eigenvalue weighted by Crippen LogP contribution is -2.40. The van der Waals surface area contributed by atoms with Crippen molar-refractivity contribution in [1.82, 2.24) is 5.32 Å². The molecule has 0 amide bonds. The molecule has 1 saturated carbocycles. The maximum absolute atomic E-state index is 9.34. The molecule has 1 fully saturated rings. The Morgan fingerprint density at radius 3 is 2.68 bits per heavy atom. The van der Waals surface area contributed by atoms with Gasteiger partial charge in [-0.2, -0.15) is 0 Å². The van der Waals surface area contributed by atoms with E-state index in [1.165, 1.54) is 18.4 Å². The third kappa shape index (κ3) is 3.95. The van der Waals surface area contributed by atoms with Gasteiger partial charge in [0.1, 0.15) is 5.75 Å². The van der Waals surface area contributed by atoms with Gasteiger partial charge in [-0.25, -0.2) is 0 Å². The van der Waals surface area contributed by atoms with Gasteiger partial charge in [0, 0.05) is 18.7 Å². The molecule has 0 aromatic heterocycles. The Morgan fingerprint density at radius 1 is 1.32 bits per heavy atom. The molecule has 3 unspecified atom stereocenters. The van der Waals surface area contributed by atoms with Crippen LogP contribution in [0.25, 0.3) is 0 Å². The lowest BCUT2D eigenvalue weighted by atomic mass is 10.0. The molecule has 0 spiro atoms. The highest BCUT2D eigenvalue weighted by Gasteiger charge is 2.27. The van der Waals surface area contributed by atoms with Gasteiger partial charge in [0.15, 0.2) is 0 Å². The summed E-state index contributed by atoms with van der Waals surface area (Å²) >= 11 is 0. The van der Waals surface area contributed by atoms with Crippen LogP contribution in [0.5, 0.6) is 5.75 Å². The van der Waals surface area contributed by atoms with Crippen LogP contribution in [0.2, 0.25) is 0 Å². The maximum atomic E-state index is 9.34. The van der Waals surface area contributed by atoms with Crippen molar-refractivity contribution in [3.63, 3.8) is 0 Å². The predicted octanol–water partition coefficient (Wildman–Crippen LogP) is 2.38. The average Bonchev–Trinajstić information content (AvgIpc) is 2.86. The van der Waals surface area contributed by atoms with Crippen LogP contribution in [0, 0.1) is 5.92 Å². The summed E-state index contributed by atoms with van der Waals surface area (Å²) in [5.41, 5.74) is 1.32. The van der Waals surface area contributed by atoms with Crippen LogP contribution in [0.15, 0.2) is 24.3 Å². The van der Waals surface area contributed by atoms with Crippen molar-refractivity contribution in [2.24, 2.45) is 5.92 Å². The second kappa shape index (κ2) is 6.92. The van der Waals surface area contributed by atoms with Crippen LogP contribution < -0.4 is 10.1 Å². The molecule has 0 bridgehead atoms. The molecule has 3 atom stereocenters. The first-order valence-corrected chi connectivity index (χ1v) is 7.22. The van der Waals surface area contributed by atoms with Gasteiger partial charge in [-0.3, -0.25) is 0 Å². The van der Waals surface area contributed by atoms with Gasteiger partial charge in [0.05, 0.1) is 7.11 Å². The molecule has 3 nitrogen and oxygen atoms in total. The summed E-state index contributed by atoms with van der Waals surface area (Å²) in [6, 6.07) is 9.18. The highest BCUT2D eigenvalue weighted by molar-refractivity contribution is 5.27. The minimum absolute atomic E-state index is 0.312. The Hall–Kier alpha value is -1.06. The molecule has 106 valence electrons. The van der Waals surface area contributed by atoms with Crippen LogP contribution in [0.1, 0.15) is 31.7 Å². The molecule has 1 aromatic rings. The number of methoxy groups -OCH3 is 1. The standard InChI is InChI=1S/C16H25NO2/c1-12(17-16-5-3-4-14(16)11-18)10-13-6-8-15(19-2)9-7-13/h6-9,12,14,16-18H,3-5,10-11H2,1-2H3. The van der Waals surface area contributed by atoms with Gasteiger partial charge in [0.2, 0.25) is 0 Å². The van der Waals surface area contributed by atoms with Crippen LogP contribution in [0.3, 0.4) is 0 Å². The molecule has 1 aliphatic rings. The lowest BCUT2D eigenvalue weighted by molar-refractivity contribution is 0.200. The molecule has 19 heavy (non-hydrogen) atoms. The molecular formula is C16H25NO2. The Labute approximate surface area is 116 Å². The summed E-state index contributed by atoms with van der Waals surface area (Å²) < 4.78 is 5.17. The molecule has 0 radical (unpaired) electrons. The first kappa shape index (κ1) is 14.4. The Bertz CT molecular complexity index is 377. The zero-order valence-electron chi connectivity index (χ0n) is 11.9. The molecule has 3 heteroatoms. The van der Waals surface area contributed by atoms with Gasteiger partial charge < -0.3 is 15.2 Å². The smallest absolute Gasteiger partial charge is 0.118 e. The van der Waals surface area contributed by atoms with Crippen molar-refractivity contribution in [3.05, 3.63) is 29.8 Å². The number of aliphatic hydroxyl groups is 1. The third-order valence-electron chi connectivity index (χ3n) is 4.09. The number of rotatable bonds is 6. The Balaban J connectivity index is 1.84. The fourth-order valence-corrected chi connectivity index (χ4v) is 3.01. The number of nitrogens with one attached hydrogen (secondary N) is 1. The van der Waals surface area contributed by atoms with Crippen LogP contribution in [-0.4, -0.2) is 30.9 Å². The van der Waals surface area contributed by atoms with Crippen molar-refractivity contribution in [3.8, 4) is 5.75 Å². The summed E-state index contributed by atoms with van der Waals surface area (Å²) in [5.74, 6) is 1.35. The number of ether oxygens (including phenoxy) is 1. The second-order valence-electron chi connectivity index (χ2n) is 5.60. The fraction of sp³-hybridized carbons (Fsp3) is 0.625. The zero-order chi connectivity index (χ0) is 13.7. The Morgan fingerprint density at radius 2 is 2.05 bits per heavy atom. The second-order valence-corrected chi connectivity index (χ2v) is 5.60. The normalized spacial score (nSPS) is 24.4. The van der Waals surface area contributed by atoms with Gasteiger partial charge in [-0.15, -0.1) is 0 Å². The number of hydrogen-bond donors (Lipinski definition) is 2. The first-order valence-electron chi connectivity index (χ1n) is 7.22. The summed E-state index contributed by atoms with van der Waals surface area (Å²) in [6.07, 6.45) is 4.60. The van der Waals surface area contributed by atoms with Gasteiger partial charge in [-0.1, -0.05) is 18.6 Å². The van der Waals surface area contributed by atoms with Crippen molar-refractivity contribution in [2.45, 2.75) is 44.7 Å². The fourth-order valence-electron chi connectivity index (χ4n) is 3.01. The summed E-state index contributed by atoms with van der Waals surface area (Å²) in [5, 5.41) is 13.0. The van der Waals surface area contributed by atoms with E-state index in [4.69, 9.17) is 4.74 Å². The Kier molecular flexibility index (Phi) is 5.23. The summed E-state index contributed by atoms with van der Waals surface area (Å²) in [4.78, 5) is 0.